The Hall–Kier alpha value is -2.14. The monoisotopic (exact) mass is 439 g/mol. The molecule has 0 aliphatic carbocycles. The summed E-state index contributed by atoms with van der Waals surface area (Å²) in [4.78, 5) is 0. The minimum Gasteiger partial charge on any atom is -0.406 e. The fourth-order valence-corrected chi connectivity index (χ4v) is 2.31. The predicted octanol–water partition coefficient (Wildman–Crippen LogP) is 6.09. The summed E-state index contributed by atoms with van der Waals surface area (Å²) >= 11 is 0. The smallest absolute Gasteiger partial charge is 0.406 e. The van der Waals surface area contributed by atoms with Crippen LogP contribution >= 0.6 is 12.4 Å². The summed E-state index contributed by atoms with van der Waals surface area (Å²) < 4.78 is 118. The van der Waals surface area contributed by atoms with E-state index in [2.05, 4.69) is 4.74 Å². The summed E-state index contributed by atoms with van der Waals surface area (Å²) in [5, 5.41) is 0. The number of halogens is 10. The van der Waals surface area contributed by atoms with Gasteiger partial charge in [-0.1, -0.05) is 18.2 Å². The Balaban J connectivity index is 0.00000392. The van der Waals surface area contributed by atoms with Crippen molar-refractivity contribution in [3.63, 3.8) is 0 Å². The number of alkyl halides is 9. The number of hydrogen-bond acceptors (Lipinski definition) is 2. The van der Waals surface area contributed by atoms with E-state index < -0.39 is 47.2 Å². The minimum atomic E-state index is -5.12. The largest absolute Gasteiger partial charge is 0.573 e. The molecule has 2 nitrogen and oxygen atoms in total. The van der Waals surface area contributed by atoms with Crippen LogP contribution in [0.15, 0.2) is 42.5 Å². The minimum absolute atomic E-state index is 0. The van der Waals surface area contributed by atoms with E-state index in [1.54, 1.807) is 0 Å². The zero-order chi connectivity index (χ0) is 20.6. The SMILES string of the molecule is Cl.N[C@@H](c1ccc(OC(F)(F)F)cc1)c1ccc(C(F)(F)F)cc1C(F)(F)F. The van der Waals surface area contributed by atoms with Crippen molar-refractivity contribution in [2.24, 2.45) is 5.73 Å². The second-order valence-electron chi connectivity index (χ2n) is 5.39. The normalized spacial score (nSPS) is 13.6. The zero-order valence-electron chi connectivity index (χ0n) is 13.4. The van der Waals surface area contributed by atoms with Gasteiger partial charge in [0.05, 0.1) is 17.2 Å². The van der Waals surface area contributed by atoms with E-state index in [4.69, 9.17) is 5.73 Å². The van der Waals surface area contributed by atoms with E-state index in [0.717, 1.165) is 24.3 Å². The summed E-state index contributed by atoms with van der Waals surface area (Å²) in [6.45, 7) is 0. The van der Waals surface area contributed by atoms with Crippen LogP contribution < -0.4 is 10.5 Å². The van der Waals surface area contributed by atoms with Gasteiger partial charge < -0.3 is 10.5 Å². The van der Waals surface area contributed by atoms with Crippen LogP contribution in [0.4, 0.5) is 39.5 Å². The highest BCUT2D eigenvalue weighted by Gasteiger charge is 2.39. The molecule has 2 aromatic rings. The lowest BCUT2D eigenvalue weighted by molar-refractivity contribution is -0.274. The average Bonchev–Trinajstić information content (AvgIpc) is 2.51. The molecule has 0 bridgehead atoms. The van der Waals surface area contributed by atoms with Gasteiger partial charge in [-0.2, -0.15) is 26.3 Å². The molecule has 156 valence electrons. The quantitative estimate of drug-likeness (QED) is 0.587. The highest BCUT2D eigenvalue weighted by molar-refractivity contribution is 5.85. The molecular weight excluding hydrogens is 429 g/mol. The molecule has 0 fully saturated rings. The first-order chi connectivity index (χ1) is 12.2. The number of rotatable bonds is 3. The van der Waals surface area contributed by atoms with Gasteiger partial charge in [-0.05, 0) is 35.4 Å². The molecule has 2 aromatic carbocycles. The third kappa shape index (κ3) is 5.93. The zero-order valence-corrected chi connectivity index (χ0v) is 14.2. The molecule has 0 saturated carbocycles. The highest BCUT2D eigenvalue weighted by atomic mass is 35.5. The van der Waals surface area contributed by atoms with E-state index in [-0.39, 0.29) is 24.0 Å². The predicted molar refractivity (Wildman–Crippen MR) is 82.8 cm³/mol. The van der Waals surface area contributed by atoms with Crippen LogP contribution in [0.5, 0.6) is 5.75 Å². The van der Waals surface area contributed by atoms with E-state index in [1.807, 2.05) is 0 Å². The Morgan fingerprint density at radius 1 is 0.750 bits per heavy atom. The molecule has 12 heteroatoms. The molecule has 28 heavy (non-hydrogen) atoms. The van der Waals surface area contributed by atoms with E-state index in [1.165, 1.54) is 0 Å². The first-order valence-corrected chi connectivity index (χ1v) is 7.08. The van der Waals surface area contributed by atoms with Gasteiger partial charge in [0, 0.05) is 0 Å². The van der Waals surface area contributed by atoms with Gasteiger partial charge in [0.25, 0.3) is 0 Å². The van der Waals surface area contributed by atoms with Gasteiger partial charge in [0.1, 0.15) is 5.75 Å². The summed E-state index contributed by atoms with van der Waals surface area (Å²) in [7, 11) is 0. The van der Waals surface area contributed by atoms with Crippen LogP contribution in [0.25, 0.3) is 0 Å². The van der Waals surface area contributed by atoms with Gasteiger partial charge in [0.2, 0.25) is 0 Å². The molecule has 0 saturated heterocycles. The number of benzene rings is 2. The van der Waals surface area contributed by atoms with Crippen LogP contribution in [0.1, 0.15) is 28.3 Å². The number of hydrogen-bond donors (Lipinski definition) is 1. The average molecular weight is 440 g/mol. The second kappa shape index (κ2) is 8.08. The second-order valence-corrected chi connectivity index (χ2v) is 5.39. The van der Waals surface area contributed by atoms with Crippen molar-refractivity contribution in [3.8, 4) is 5.75 Å². The summed E-state index contributed by atoms with van der Waals surface area (Å²) in [6.07, 6.45) is -15.1. The Kier molecular flexibility index (Phi) is 6.89. The molecule has 0 amide bonds. The first-order valence-electron chi connectivity index (χ1n) is 7.08. The third-order valence-corrected chi connectivity index (χ3v) is 3.49. The lowest BCUT2D eigenvalue weighted by Crippen LogP contribution is -2.20. The van der Waals surface area contributed by atoms with Crippen LogP contribution in [0.3, 0.4) is 0 Å². The molecule has 0 heterocycles. The Labute approximate surface area is 158 Å². The first kappa shape index (κ1) is 23.9. The molecular formula is C16H11ClF9NO. The van der Waals surface area contributed by atoms with Crippen LogP contribution in [-0.2, 0) is 12.4 Å². The lowest BCUT2D eigenvalue weighted by atomic mass is 9.93. The maximum Gasteiger partial charge on any atom is 0.573 e. The fourth-order valence-electron chi connectivity index (χ4n) is 2.31. The van der Waals surface area contributed by atoms with Crippen molar-refractivity contribution in [1.29, 1.82) is 0 Å². The van der Waals surface area contributed by atoms with Crippen molar-refractivity contribution < 1.29 is 44.3 Å². The van der Waals surface area contributed by atoms with Crippen molar-refractivity contribution >= 4 is 12.4 Å². The molecule has 0 unspecified atom stereocenters. The van der Waals surface area contributed by atoms with Gasteiger partial charge >= 0.3 is 18.7 Å². The van der Waals surface area contributed by atoms with E-state index >= 15 is 0 Å². The van der Waals surface area contributed by atoms with Gasteiger partial charge in [-0.3, -0.25) is 0 Å². The van der Waals surface area contributed by atoms with Gasteiger partial charge in [-0.15, -0.1) is 25.6 Å². The van der Waals surface area contributed by atoms with Gasteiger partial charge in [-0.25, -0.2) is 0 Å². The van der Waals surface area contributed by atoms with Crippen molar-refractivity contribution in [2.45, 2.75) is 24.8 Å². The van der Waals surface area contributed by atoms with Crippen molar-refractivity contribution in [3.05, 3.63) is 64.7 Å². The third-order valence-electron chi connectivity index (χ3n) is 3.49. The van der Waals surface area contributed by atoms with Crippen LogP contribution in [-0.4, -0.2) is 6.36 Å². The van der Waals surface area contributed by atoms with Crippen molar-refractivity contribution in [2.75, 3.05) is 0 Å². The molecule has 0 aromatic heterocycles. The Bertz CT molecular complexity index is 798. The maximum absolute atomic E-state index is 13.2. The van der Waals surface area contributed by atoms with E-state index in [0.29, 0.717) is 12.1 Å². The summed E-state index contributed by atoms with van der Waals surface area (Å²) in [5.74, 6) is -0.623. The molecule has 2 N–H and O–H groups in total. The fraction of sp³-hybridized carbons (Fsp3) is 0.250. The molecule has 0 aliphatic heterocycles. The topological polar surface area (TPSA) is 35.2 Å². The molecule has 0 radical (unpaired) electrons. The molecule has 1 atom stereocenters. The Morgan fingerprint density at radius 3 is 1.71 bits per heavy atom. The van der Waals surface area contributed by atoms with E-state index in [9.17, 15) is 39.5 Å². The maximum atomic E-state index is 13.2. The standard InChI is InChI=1S/C16H10F9NO.ClH/c17-14(18,19)9-3-6-11(12(7-9)15(20,21)22)13(26)8-1-4-10(5-2-8)27-16(23,24)25;/h1-7,13H,26H2;1H/t13-;/m0./s1. The summed E-state index contributed by atoms with van der Waals surface area (Å²) in [5.41, 5.74) is 1.92. The van der Waals surface area contributed by atoms with Crippen LogP contribution in [0.2, 0.25) is 0 Å². The number of ether oxygens (including phenoxy) is 1. The van der Waals surface area contributed by atoms with Crippen LogP contribution in [0, 0.1) is 0 Å². The number of nitrogens with two attached hydrogens (primary N) is 1. The molecule has 2 rings (SSSR count). The summed E-state index contributed by atoms with van der Waals surface area (Å²) in [6, 6.07) is 3.11. The van der Waals surface area contributed by atoms with Crippen molar-refractivity contribution in [1.82, 2.24) is 0 Å². The Morgan fingerprint density at radius 2 is 1.29 bits per heavy atom. The lowest BCUT2D eigenvalue weighted by Gasteiger charge is -2.20. The highest BCUT2D eigenvalue weighted by Crippen LogP contribution is 2.40. The molecule has 0 aliphatic rings. The molecule has 0 spiro atoms. The van der Waals surface area contributed by atoms with Gasteiger partial charge in [0.15, 0.2) is 0 Å².